The van der Waals surface area contributed by atoms with Crippen molar-refractivity contribution in [2.24, 2.45) is 5.92 Å². The number of piperazine rings is 1. The van der Waals surface area contributed by atoms with Crippen molar-refractivity contribution in [1.29, 1.82) is 0 Å². The molecular weight excluding hydrogens is 296 g/mol. The molecule has 0 aliphatic carbocycles. The van der Waals surface area contributed by atoms with Crippen LogP contribution in [0.2, 0.25) is 0 Å². The molecule has 122 valence electrons. The van der Waals surface area contributed by atoms with Crippen molar-refractivity contribution < 1.29 is 9.53 Å². The molecule has 0 aromatic carbocycles. The predicted molar refractivity (Wildman–Crippen MR) is 89.0 cm³/mol. The highest BCUT2D eigenvalue weighted by molar-refractivity contribution is 7.07. The van der Waals surface area contributed by atoms with Gasteiger partial charge in [-0.25, -0.2) is 0 Å². The summed E-state index contributed by atoms with van der Waals surface area (Å²) >= 11 is 1.75. The molecule has 3 heterocycles. The van der Waals surface area contributed by atoms with Crippen molar-refractivity contribution in [2.45, 2.75) is 32.2 Å². The van der Waals surface area contributed by atoms with Gasteiger partial charge in [0.1, 0.15) is 0 Å². The summed E-state index contributed by atoms with van der Waals surface area (Å²) in [4.78, 5) is 16.9. The number of ether oxygens (including phenoxy) is 1. The summed E-state index contributed by atoms with van der Waals surface area (Å²) in [5.41, 5.74) is 1.39. The molecule has 2 aliphatic rings. The van der Waals surface area contributed by atoms with E-state index in [4.69, 9.17) is 4.74 Å². The Hall–Kier alpha value is -0.910. The average Bonchev–Trinajstić information content (AvgIpc) is 3.25. The molecule has 5 heteroatoms. The van der Waals surface area contributed by atoms with Crippen molar-refractivity contribution in [1.82, 2.24) is 9.80 Å². The minimum Gasteiger partial charge on any atom is -0.381 e. The number of nitrogens with zero attached hydrogens (tertiary/aromatic N) is 2. The molecule has 0 radical (unpaired) electrons. The third-order valence-electron chi connectivity index (χ3n) is 5.03. The molecular formula is C17H26N2O2S. The summed E-state index contributed by atoms with van der Waals surface area (Å²) in [6.07, 6.45) is 2.80. The molecule has 0 N–H and O–H groups in total. The second-order valence-corrected chi connectivity index (χ2v) is 7.20. The van der Waals surface area contributed by atoms with E-state index in [0.717, 1.165) is 52.2 Å². The molecule has 0 bridgehead atoms. The molecule has 1 amide bonds. The first kappa shape index (κ1) is 16.0. The predicted octanol–water partition coefficient (Wildman–Crippen LogP) is 2.77. The standard InChI is InChI=1S/C17H26N2O2S/c1-14(16-5-11-22-13-16)18-6-8-19(9-7-18)17(20)3-2-15-4-10-21-12-15/h5,11,13-15H,2-4,6-10,12H2,1H3. The Balaban J connectivity index is 1.41. The molecule has 1 aromatic heterocycles. The van der Waals surface area contributed by atoms with E-state index in [9.17, 15) is 4.79 Å². The minimum atomic E-state index is 0.328. The zero-order chi connectivity index (χ0) is 15.4. The number of hydrogen-bond donors (Lipinski definition) is 0. The van der Waals surface area contributed by atoms with Gasteiger partial charge in [-0.15, -0.1) is 0 Å². The fourth-order valence-corrected chi connectivity index (χ4v) is 4.13. The maximum Gasteiger partial charge on any atom is 0.222 e. The zero-order valence-corrected chi connectivity index (χ0v) is 14.2. The quantitative estimate of drug-likeness (QED) is 0.836. The van der Waals surface area contributed by atoms with Gasteiger partial charge in [0.05, 0.1) is 0 Å². The smallest absolute Gasteiger partial charge is 0.222 e. The lowest BCUT2D eigenvalue weighted by atomic mass is 10.0. The van der Waals surface area contributed by atoms with Crippen molar-refractivity contribution in [3.63, 3.8) is 0 Å². The van der Waals surface area contributed by atoms with Crippen molar-refractivity contribution in [3.05, 3.63) is 22.4 Å². The van der Waals surface area contributed by atoms with E-state index in [1.54, 1.807) is 11.3 Å². The van der Waals surface area contributed by atoms with Crippen molar-refractivity contribution >= 4 is 17.2 Å². The molecule has 22 heavy (non-hydrogen) atoms. The van der Waals surface area contributed by atoms with Crippen LogP contribution in [0, 0.1) is 5.92 Å². The van der Waals surface area contributed by atoms with Gasteiger partial charge >= 0.3 is 0 Å². The summed E-state index contributed by atoms with van der Waals surface area (Å²) < 4.78 is 5.38. The fraction of sp³-hybridized carbons (Fsp3) is 0.706. The topological polar surface area (TPSA) is 32.8 Å². The third kappa shape index (κ3) is 3.89. The normalized spacial score (nSPS) is 24.6. The number of thiophene rings is 1. The van der Waals surface area contributed by atoms with Crippen LogP contribution in [0.4, 0.5) is 0 Å². The van der Waals surface area contributed by atoms with E-state index in [0.29, 0.717) is 24.3 Å². The van der Waals surface area contributed by atoms with Gasteiger partial charge in [-0.1, -0.05) is 0 Å². The van der Waals surface area contributed by atoms with Crippen molar-refractivity contribution in [3.8, 4) is 0 Å². The SMILES string of the molecule is CC(c1ccsc1)N1CCN(C(=O)CCC2CCOC2)CC1. The molecule has 0 saturated carbocycles. The van der Waals surface area contributed by atoms with E-state index >= 15 is 0 Å². The van der Waals surface area contributed by atoms with Crippen LogP contribution in [-0.4, -0.2) is 55.1 Å². The lowest BCUT2D eigenvalue weighted by Crippen LogP contribution is -2.49. The molecule has 0 spiro atoms. The number of rotatable bonds is 5. The van der Waals surface area contributed by atoms with Crippen LogP contribution in [0.5, 0.6) is 0 Å². The molecule has 2 saturated heterocycles. The van der Waals surface area contributed by atoms with Crippen LogP contribution in [-0.2, 0) is 9.53 Å². The maximum absolute atomic E-state index is 12.3. The van der Waals surface area contributed by atoms with Gasteiger partial charge in [0, 0.05) is 51.9 Å². The molecule has 2 aliphatic heterocycles. The summed E-state index contributed by atoms with van der Waals surface area (Å²) in [6, 6.07) is 2.66. The van der Waals surface area contributed by atoms with Gasteiger partial charge in [-0.3, -0.25) is 9.69 Å². The largest absolute Gasteiger partial charge is 0.381 e. The Kier molecular flexibility index (Phi) is 5.50. The molecule has 3 rings (SSSR count). The lowest BCUT2D eigenvalue weighted by molar-refractivity contribution is -0.133. The van der Waals surface area contributed by atoms with E-state index in [-0.39, 0.29) is 0 Å². The third-order valence-corrected chi connectivity index (χ3v) is 5.73. The summed E-state index contributed by atoms with van der Waals surface area (Å²) in [5, 5.41) is 4.37. The van der Waals surface area contributed by atoms with Gasteiger partial charge in [-0.05, 0) is 48.1 Å². The highest BCUT2D eigenvalue weighted by atomic mass is 32.1. The van der Waals surface area contributed by atoms with Crippen LogP contribution < -0.4 is 0 Å². The van der Waals surface area contributed by atoms with Gasteiger partial charge in [-0.2, -0.15) is 11.3 Å². The molecule has 2 atom stereocenters. The Morgan fingerprint density at radius 1 is 1.41 bits per heavy atom. The van der Waals surface area contributed by atoms with Gasteiger partial charge in [0.2, 0.25) is 5.91 Å². The average molecular weight is 322 g/mol. The highest BCUT2D eigenvalue weighted by Crippen LogP contribution is 2.24. The fourth-order valence-electron chi connectivity index (χ4n) is 3.38. The Morgan fingerprint density at radius 2 is 2.23 bits per heavy atom. The highest BCUT2D eigenvalue weighted by Gasteiger charge is 2.25. The second kappa shape index (κ2) is 7.57. The van der Waals surface area contributed by atoms with Crippen LogP contribution >= 0.6 is 11.3 Å². The minimum absolute atomic E-state index is 0.328. The van der Waals surface area contributed by atoms with Crippen LogP contribution in [0.1, 0.15) is 37.8 Å². The Labute approximate surface area is 137 Å². The van der Waals surface area contributed by atoms with Gasteiger partial charge in [0.25, 0.3) is 0 Å². The Bertz CT molecular complexity index is 463. The van der Waals surface area contributed by atoms with Gasteiger partial charge in [0.15, 0.2) is 0 Å². The van der Waals surface area contributed by atoms with Crippen LogP contribution in [0.25, 0.3) is 0 Å². The van der Waals surface area contributed by atoms with Crippen LogP contribution in [0.15, 0.2) is 16.8 Å². The number of hydrogen-bond acceptors (Lipinski definition) is 4. The van der Waals surface area contributed by atoms with Crippen LogP contribution in [0.3, 0.4) is 0 Å². The number of amides is 1. The summed E-state index contributed by atoms with van der Waals surface area (Å²) in [5.74, 6) is 0.929. The van der Waals surface area contributed by atoms with E-state index < -0.39 is 0 Å². The van der Waals surface area contributed by atoms with Gasteiger partial charge < -0.3 is 9.64 Å². The monoisotopic (exact) mass is 322 g/mol. The molecule has 1 aromatic rings. The van der Waals surface area contributed by atoms with E-state index in [2.05, 4.69) is 28.7 Å². The van der Waals surface area contributed by atoms with Crippen molar-refractivity contribution in [2.75, 3.05) is 39.4 Å². The first-order valence-electron chi connectivity index (χ1n) is 8.35. The maximum atomic E-state index is 12.3. The zero-order valence-electron chi connectivity index (χ0n) is 13.4. The molecule has 2 fully saturated rings. The van der Waals surface area contributed by atoms with E-state index in [1.807, 2.05) is 4.90 Å². The lowest BCUT2D eigenvalue weighted by Gasteiger charge is -2.38. The first-order valence-corrected chi connectivity index (χ1v) is 9.30. The van der Waals surface area contributed by atoms with E-state index in [1.165, 1.54) is 5.56 Å². The first-order chi connectivity index (χ1) is 10.7. The second-order valence-electron chi connectivity index (χ2n) is 6.42. The number of carbonyl (C=O) groups is 1. The molecule has 2 unspecified atom stereocenters. The summed E-state index contributed by atoms with van der Waals surface area (Å²) in [7, 11) is 0. The molecule has 4 nitrogen and oxygen atoms in total. The number of carbonyl (C=O) groups excluding carboxylic acids is 1. The Morgan fingerprint density at radius 3 is 2.86 bits per heavy atom. The summed E-state index contributed by atoms with van der Waals surface area (Å²) in [6.45, 7) is 7.68.